The number of nitrogens with one attached hydrogen (secondary N) is 1. The molecule has 0 aliphatic carbocycles. The van der Waals surface area contributed by atoms with Gasteiger partial charge in [0, 0.05) is 30.0 Å². The first-order valence-corrected chi connectivity index (χ1v) is 9.22. The molecule has 1 saturated heterocycles. The van der Waals surface area contributed by atoms with E-state index in [-0.39, 0.29) is 12.7 Å². The number of carbonyl (C=O) groups excluding carboxylic acids is 1. The van der Waals surface area contributed by atoms with Crippen LogP contribution in [0.4, 0.5) is 11.4 Å². The van der Waals surface area contributed by atoms with Crippen LogP contribution in [0.1, 0.15) is 36.5 Å². The summed E-state index contributed by atoms with van der Waals surface area (Å²) in [4.78, 5) is 15.2. The lowest BCUT2D eigenvalue weighted by Crippen LogP contribution is -2.30. The van der Waals surface area contributed by atoms with E-state index in [0.29, 0.717) is 5.75 Å². The molecule has 0 aromatic heterocycles. The summed E-state index contributed by atoms with van der Waals surface area (Å²) >= 11 is 0. The van der Waals surface area contributed by atoms with E-state index in [1.165, 1.54) is 30.5 Å². The Bertz CT molecular complexity index is 800. The molecule has 2 heterocycles. The maximum Gasteiger partial charge on any atom is 0.258 e. The molecule has 1 fully saturated rings. The van der Waals surface area contributed by atoms with E-state index in [1.807, 2.05) is 30.3 Å². The molecule has 0 bridgehead atoms. The van der Waals surface area contributed by atoms with Gasteiger partial charge < -0.3 is 19.7 Å². The third-order valence-electron chi connectivity index (χ3n) is 5.06. The minimum Gasteiger partial charge on any atom is -0.467 e. The number of hydrogen-bond donors (Lipinski definition) is 1. The van der Waals surface area contributed by atoms with Crippen molar-refractivity contribution in [1.82, 2.24) is 0 Å². The summed E-state index contributed by atoms with van der Waals surface area (Å²) in [5.41, 5.74) is 4.00. The molecule has 2 aliphatic rings. The zero-order chi connectivity index (χ0) is 17.9. The van der Waals surface area contributed by atoms with E-state index in [1.54, 1.807) is 0 Å². The van der Waals surface area contributed by atoms with Gasteiger partial charge in [-0.25, -0.2) is 0 Å². The Morgan fingerprint density at radius 3 is 2.77 bits per heavy atom. The lowest BCUT2D eigenvalue weighted by atomic mass is 10.1. The number of aryl methyl sites for hydroxylation is 1. The molecule has 2 aromatic carbocycles. The zero-order valence-electron chi connectivity index (χ0n) is 15.0. The van der Waals surface area contributed by atoms with Crippen molar-refractivity contribution < 1.29 is 14.3 Å². The Morgan fingerprint density at radius 2 is 1.92 bits per heavy atom. The Morgan fingerprint density at radius 1 is 1.12 bits per heavy atom. The molecule has 4 rings (SSSR count). The van der Waals surface area contributed by atoms with Crippen LogP contribution < -0.4 is 15.0 Å². The molecule has 1 N–H and O–H groups in total. The number of anilines is 2. The molecular formula is C21H24N2O3. The molecule has 0 unspecified atom stereocenters. The molecule has 1 atom stereocenters. The van der Waals surface area contributed by atoms with Gasteiger partial charge >= 0.3 is 0 Å². The zero-order valence-corrected chi connectivity index (χ0v) is 15.0. The van der Waals surface area contributed by atoms with Crippen molar-refractivity contribution >= 4 is 17.3 Å². The highest BCUT2D eigenvalue weighted by Gasteiger charge is 2.28. The number of carbonyl (C=O) groups is 1. The van der Waals surface area contributed by atoms with Crippen molar-refractivity contribution in [3.63, 3.8) is 0 Å². The molecule has 5 heteroatoms. The Balaban J connectivity index is 1.53. The van der Waals surface area contributed by atoms with Crippen LogP contribution in [-0.2, 0) is 9.53 Å². The number of fused-ring (bicyclic) bond motifs is 1. The Labute approximate surface area is 153 Å². The summed E-state index contributed by atoms with van der Waals surface area (Å²) in [7, 11) is 0. The number of hydrogen-bond acceptors (Lipinski definition) is 4. The van der Waals surface area contributed by atoms with E-state index in [4.69, 9.17) is 9.47 Å². The van der Waals surface area contributed by atoms with Gasteiger partial charge in [0.2, 0.25) is 0 Å². The summed E-state index contributed by atoms with van der Waals surface area (Å²) < 4.78 is 11.0. The predicted molar refractivity (Wildman–Crippen MR) is 102 cm³/mol. The van der Waals surface area contributed by atoms with Gasteiger partial charge in [-0.2, -0.15) is 0 Å². The topological polar surface area (TPSA) is 50.8 Å². The maximum atomic E-state index is 12.8. The van der Waals surface area contributed by atoms with Crippen molar-refractivity contribution in [2.24, 2.45) is 0 Å². The van der Waals surface area contributed by atoms with Crippen LogP contribution in [0.2, 0.25) is 0 Å². The van der Waals surface area contributed by atoms with Crippen LogP contribution in [0.3, 0.4) is 0 Å². The van der Waals surface area contributed by atoms with Gasteiger partial charge in [-0.05, 0) is 49.9 Å². The number of nitrogens with zero attached hydrogens (tertiary/aromatic N) is 1. The van der Waals surface area contributed by atoms with Crippen molar-refractivity contribution in [1.29, 1.82) is 0 Å². The fourth-order valence-electron chi connectivity index (χ4n) is 3.67. The van der Waals surface area contributed by atoms with Gasteiger partial charge in [-0.3, -0.25) is 4.79 Å². The normalized spacial score (nSPS) is 19.4. The van der Waals surface area contributed by atoms with Gasteiger partial charge in [0.05, 0.1) is 0 Å². The molecule has 0 spiro atoms. The number of ether oxygens (including phenoxy) is 2. The van der Waals surface area contributed by atoms with E-state index in [9.17, 15) is 4.79 Å². The van der Waals surface area contributed by atoms with Crippen LogP contribution in [0.5, 0.6) is 5.75 Å². The summed E-state index contributed by atoms with van der Waals surface area (Å²) in [6, 6.07) is 13.6. The average molecular weight is 352 g/mol. The molecule has 5 nitrogen and oxygen atoms in total. The van der Waals surface area contributed by atoms with E-state index < -0.39 is 6.10 Å². The second kappa shape index (κ2) is 7.38. The molecule has 2 aromatic rings. The fourth-order valence-corrected chi connectivity index (χ4v) is 3.67. The standard InChI is InChI=1S/C21H24N2O3/c1-15-9-10-16(13-18(15)23-11-5-2-6-12-23)22-21(24)20-17-7-3-4-8-19(17)25-14-26-20/h3-4,7-10,13,20H,2,5-6,11-12,14H2,1H3,(H,22,24)/t20-/m0/s1. The van der Waals surface area contributed by atoms with Gasteiger partial charge in [0.15, 0.2) is 12.9 Å². The van der Waals surface area contributed by atoms with E-state index >= 15 is 0 Å². The third-order valence-corrected chi connectivity index (χ3v) is 5.06. The average Bonchev–Trinajstić information content (AvgIpc) is 2.69. The second-order valence-corrected chi connectivity index (χ2v) is 6.88. The predicted octanol–water partition coefficient (Wildman–Crippen LogP) is 4.03. The Kier molecular flexibility index (Phi) is 4.80. The molecular weight excluding hydrogens is 328 g/mol. The number of benzene rings is 2. The summed E-state index contributed by atoms with van der Waals surface area (Å²) in [6.07, 6.45) is 3.09. The first-order chi connectivity index (χ1) is 12.7. The monoisotopic (exact) mass is 352 g/mol. The number of para-hydroxylation sites is 1. The van der Waals surface area contributed by atoms with E-state index in [0.717, 1.165) is 24.3 Å². The second-order valence-electron chi connectivity index (χ2n) is 6.88. The lowest BCUT2D eigenvalue weighted by Gasteiger charge is -2.30. The molecule has 0 saturated carbocycles. The quantitative estimate of drug-likeness (QED) is 0.906. The maximum absolute atomic E-state index is 12.8. The highest BCUT2D eigenvalue weighted by molar-refractivity contribution is 5.96. The van der Waals surface area contributed by atoms with Crippen molar-refractivity contribution in [2.75, 3.05) is 30.1 Å². The fraction of sp³-hybridized carbons (Fsp3) is 0.381. The molecule has 2 aliphatic heterocycles. The van der Waals surface area contributed by atoms with Crippen LogP contribution in [-0.4, -0.2) is 25.8 Å². The molecule has 26 heavy (non-hydrogen) atoms. The van der Waals surface area contributed by atoms with Crippen LogP contribution in [0, 0.1) is 6.92 Å². The number of amides is 1. The summed E-state index contributed by atoms with van der Waals surface area (Å²) in [5, 5.41) is 3.01. The first-order valence-electron chi connectivity index (χ1n) is 9.22. The summed E-state index contributed by atoms with van der Waals surface area (Å²) in [6.45, 7) is 4.36. The van der Waals surface area contributed by atoms with Crippen molar-refractivity contribution in [2.45, 2.75) is 32.3 Å². The molecule has 1 amide bonds. The van der Waals surface area contributed by atoms with Gasteiger partial charge in [-0.15, -0.1) is 0 Å². The third kappa shape index (κ3) is 3.40. The minimum atomic E-state index is -0.653. The SMILES string of the molecule is Cc1ccc(NC(=O)[C@H]2OCOc3ccccc32)cc1N1CCCCC1. The number of piperidine rings is 1. The van der Waals surface area contributed by atoms with Gasteiger partial charge in [0.1, 0.15) is 5.75 Å². The molecule has 0 radical (unpaired) electrons. The highest BCUT2D eigenvalue weighted by Crippen LogP contribution is 2.33. The van der Waals surface area contributed by atoms with Crippen LogP contribution in [0.25, 0.3) is 0 Å². The summed E-state index contributed by atoms with van der Waals surface area (Å²) in [5.74, 6) is 0.533. The van der Waals surface area contributed by atoms with E-state index in [2.05, 4.69) is 29.3 Å². The first kappa shape index (κ1) is 16.9. The minimum absolute atomic E-state index is 0.0853. The lowest BCUT2D eigenvalue weighted by molar-refractivity contribution is -0.136. The van der Waals surface area contributed by atoms with Gasteiger partial charge in [0.25, 0.3) is 5.91 Å². The largest absolute Gasteiger partial charge is 0.467 e. The smallest absolute Gasteiger partial charge is 0.258 e. The van der Waals surface area contributed by atoms with Gasteiger partial charge in [-0.1, -0.05) is 24.3 Å². The van der Waals surface area contributed by atoms with Crippen LogP contribution in [0.15, 0.2) is 42.5 Å². The van der Waals surface area contributed by atoms with Crippen molar-refractivity contribution in [3.05, 3.63) is 53.6 Å². The van der Waals surface area contributed by atoms with Crippen LogP contribution >= 0.6 is 0 Å². The Hall–Kier alpha value is -2.53. The van der Waals surface area contributed by atoms with Crippen molar-refractivity contribution in [3.8, 4) is 5.75 Å². The highest BCUT2D eigenvalue weighted by atomic mass is 16.7. The number of rotatable bonds is 3. The molecule has 136 valence electrons.